The van der Waals surface area contributed by atoms with Crippen LogP contribution in [0.15, 0.2) is 24.3 Å². The van der Waals surface area contributed by atoms with Crippen molar-refractivity contribution >= 4 is 25.5 Å². The van der Waals surface area contributed by atoms with Gasteiger partial charge in [0, 0.05) is 12.8 Å². The number of sulfonamides is 1. The molecule has 1 aromatic carbocycles. The molecule has 0 amide bonds. The Hall–Kier alpha value is -1.19. The van der Waals surface area contributed by atoms with Crippen LogP contribution in [0, 0.1) is 5.82 Å². The second-order valence-electron chi connectivity index (χ2n) is 4.61. The molecule has 9 heteroatoms. The predicted molar refractivity (Wildman–Crippen MR) is 80.9 cm³/mol. The molecule has 0 aromatic heterocycles. The fraction of sp³-hybridized carbons (Fsp3) is 0.500. The number of rotatable bonds is 8. The van der Waals surface area contributed by atoms with Gasteiger partial charge in [0.25, 0.3) is 0 Å². The van der Waals surface area contributed by atoms with Crippen molar-refractivity contribution in [2.75, 3.05) is 35.2 Å². The summed E-state index contributed by atoms with van der Waals surface area (Å²) in [5, 5.41) is 0. The number of halogens is 1. The Morgan fingerprint density at radius 1 is 1.14 bits per heavy atom. The van der Waals surface area contributed by atoms with Crippen LogP contribution in [0.2, 0.25) is 0 Å². The molecule has 0 saturated carbocycles. The van der Waals surface area contributed by atoms with E-state index in [0.717, 1.165) is 16.6 Å². The van der Waals surface area contributed by atoms with Crippen LogP contribution in [-0.2, 0) is 19.9 Å². The van der Waals surface area contributed by atoms with Gasteiger partial charge in [0.2, 0.25) is 10.0 Å². The Morgan fingerprint density at radius 2 is 1.76 bits per heavy atom. The van der Waals surface area contributed by atoms with E-state index in [0.29, 0.717) is 6.42 Å². The van der Waals surface area contributed by atoms with Gasteiger partial charge < -0.3 is 5.73 Å². The van der Waals surface area contributed by atoms with Crippen LogP contribution in [0.4, 0.5) is 10.1 Å². The summed E-state index contributed by atoms with van der Waals surface area (Å²) in [6.07, 6.45) is 1.29. The monoisotopic (exact) mass is 338 g/mol. The van der Waals surface area contributed by atoms with E-state index in [1.165, 1.54) is 18.2 Å². The minimum Gasteiger partial charge on any atom is -0.330 e. The third-order valence-corrected chi connectivity index (χ3v) is 5.71. The number of hydrogen-bond acceptors (Lipinski definition) is 5. The van der Waals surface area contributed by atoms with Gasteiger partial charge in [0.05, 0.1) is 17.2 Å². The van der Waals surface area contributed by atoms with Crippen molar-refractivity contribution < 1.29 is 21.2 Å². The number of benzene rings is 1. The first-order valence-electron chi connectivity index (χ1n) is 6.30. The molecule has 0 aliphatic carbocycles. The highest BCUT2D eigenvalue weighted by Crippen LogP contribution is 2.22. The summed E-state index contributed by atoms with van der Waals surface area (Å²) >= 11 is 0. The Balaban J connectivity index is 3.10. The lowest BCUT2D eigenvalue weighted by Gasteiger charge is -2.24. The quantitative estimate of drug-likeness (QED) is 0.738. The maximum absolute atomic E-state index is 13.8. The Labute approximate surface area is 124 Å². The fourth-order valence-electron chi connectivity index (χ4n) is 1.67. The number of nitrogens with zero attached hydrogens (tertiary/aromatic N) is 1. The van der Waals surface area contributed by atoms with E-state index in [9.17, 15) is 21.2 Å². The van der Waals surface area contributed by atoms with Gasteiger partial charge in [0.15, 0.2) is 0 Å². The van der Waals surface area contributed by atoms with Gasteiger partial charge in [-0.05, 0) is 25.1 Å². The normalized spacial score (nSPS) is 12.3. The number of para-hydroxylation sites is 1. The smallest absolute Gasteiger partial charge is 0.236 e. The standard InChI is InChI=1S/C12H19FN2O4S2/c1-20(16,17)9-10-21(18,19)15(8-4-7-14)12-6-3-2-5-11(12)13/h2-3,5-6H,4,7-10,14H2,1H3. The molecule has 0 saturated heterocycles. The summed E-state index contributed by atoms with van der Waals surface area (Å²) in [5.74, 6) is -1.79. The van der Waals surface area contributed by atoms with Crippen molar-refractivity contribution in [1.29, 1.82) is 0 Å². The Morgan fingerprint density at radius 3 is 2.29 bits per heavy atom. The highest BCUT2D eigenvalue weighted by Gasteiger charge is 2.25. The van der Waals surface area contributed by atoms with E-state index in [-0.39, 0.29) is 18.8 Å². The van der Waals surface area contributed by atoms with Crippen LogP contribution in [0.5, 0.6) is 0 Å². The van der Waals surface area contributed by atoms with Crippen LogP contribution < -0.4 is 10.0 Å². The Bertz CT molecular complexity index is 674. The van der Waals surface area contributed by atoms with E-state index < -0.39 is 37.2 Å². The Kier molecular flexibility index (Phi) is 6.11. The summed E-state index contributed by atoms with van der Waals surface area (Å²) in [4.78, 5) is 0. The van der Waals surface area contributed by atoms with Crippen molar-refractivity contribution in [3.8, 4) is 0 Å². The molecule has 1 rings (SSSR count). The minimum atomic E-state index is -3.94. The molecule has 21 heavy (non-hydrogen) atoms. The molecular formula is C12H19FN2O4S2. The molecule has 0 atom stereocenters. The molecule has 120 valence electrons. The second-order valence-corrected chi connectivity index (χ2v) is 8.88. The van der Waals surface area contributed by atoms with E-state index in [1.54, 1.807) is 0 Å². The zero-order valence-electron chi connectivity index (χ0n) is 11.7. The molecular weight excluding hydrogens is 319 g/mol. The lowest BCUT2D eigenvalue weighted by atomic mass is 10.3. The third-order valence-electron chi connectivity index (χ3n) is 2.73. The molecule has 0 aliphatic heterocycles. The maximum Gasteiger partial charge on any atom is 0.236 e. The van der Waals surface area contributed by atoms with Crippen LogP contribution in [0.25, 0.3) is 0 Å². The molecule has 0 heterocycles. The van der Waals surface area contributed by atoms with Crippen molar-refractivity contribution in [3.05, 3.63) is 30.1 Å². The molecule has 0 fully saturated rings. The summed E-state index contributed by atoms with van der Waals surface area (Å²) in [6.45, 7) is 0.246. The van der Waals surface area contributed by atoms with Gasteiger partial charge in [-0.2, -0.15) is 0 Å². The van der Waals surface area contributed by atoms with E-state index in [2.05, 4.69) is 0 Å². The maximum atomic E-state index is 13.8. The molecule has 6 nitrogen and oxygen atoms in total. The summed E-state index contributed by atoms with van der Waals surface area (Å²) in [6, 6.07) is 5.45. The number of sulfone groups is 1. The van der Waals surface area contributed by atoms with Crippen LogP contribution in [0.3, 0.4) is 0 Å². The van der Waals surface area contributed by atoms with Crippen LogP contribution in [-0.4, -0.2) is 47.7 Å². The number of nitrogens with two attached hydrogens (primary N) is 1. The van der Waals surface area contributed by atoms with Crippen molar-refractivity contribution in [2.24, 2.45) is 5.73 Å². The predicted octanol–water partition coefficient (Wildman–Crippen LogP) is 0.355. The van der Waals surface area contributed by atoms with Gasteiger partial charge in [-0.25, -0.2) is 21.2 Å². The zero-order valence-corrected chi connectivity index (χ0v) is 13.3. The lowest BCUT2D eigenvalue weighted by Crippen LogP contribution is -2.37. The van der Waals surface area contributed by atoms with Crippen molar-refractivity contribution in [2.45, 2.75) is 6.42 Å². The van der Waals surface area contributed by atoms with Crippen LogP contribution >= 0.6 is 0 Å². The minimum absolute atomic E-state index is 0.00350. The zero-order chi connectivity index (χ0) is 16.1. The molecule has 0 aliphatic rings. The van der Waals surface area contributed by atoms with E-state index in [4.69, 9.17) is 5.73 Å². The third kappa shape index (κ3) is 5.60. The SMILES string of the molecule is CS(=O)(=O)CCS(=O)(=O)N(CCCN)c1ccccc1F. The summed E-state index contributed by atoms with van der Waals surface area (Å²) < 4.78 is 61.6. The molecule has 0 spiro atoms. The summed E-state index contributed by atoms with van der Waals surface area (Å²) in [5.41, 5.74) is 5.27. The fourth-order valence-corrected chi connectivity index (χ4v) is 4.79. The van der Waals surface area contributed by atoms with Gasteiger partial charge >= 0.3 is 0 Å². The largest absolute Gasteiger partial charge is 0.330 e. The topological polar surface area (TPSA) is 97.5 Å². The van der Waals surface area contributed by atoms with Gasteiger partial charge in [-0.15, -0.1) is 0 Å². The van der Waals surface area contributed by atoms with Gasteiger partial charge in [-0.1, -0.05) is 12.1 Å². The van der Waals surface area contributed by atoms with Crippen molar-refractivity contribution in [1.82, 2.24) is 0 Å². The first-order chi connectivity index (χ1) is 9.67. The van der Waals surface area contributed by atoms with E-state index >= 15 is 0 Å². The summed E-state index contributed by atoms with van der Waals surface area (Å²) in [7, 11) is -7.37. The number of hydrogen-bond donors (Lipinski definition) is 1. The molecule has 0 bridgehead atoms. The van der Waals surface area contributed by atoms with Gasteiger partial charge in [-0.3, -0.25) is 4.31 Å². The number of anilines is 1. The average Bonchev–Trinajstić information content (AvgIpc) is 2.38. The molecule has 1 aromatic rings. The highest BCUT2D eigenvalue weighted by atomic mass is 32.2. The van der Waals surface area contributed by atoms with Crippen molar-refractivity contribution in [3.63, 3.8) is 0 Å². The van der Waals surface area contributed by atoms with E-state index in [1.807, 2.05) is 0 Å². The molecule has 2 N–H and O–H groups in total. The molecule has 0 unspecified atom stereocenters. The lowest BCUT2D eigenvalue weighted by molar-refractivity contribution is 0.581. The highest BCUT2D eigenvalue weighted by molar-refractivity contribution is 7.95. The first-order valence-corrected chi connectivity index (χ1v) is 9.97. The first kappa shape index (κ1) is 17.9. The second kappa shape index (κ2) is 7.19. The average molecular weight is 338 g/mol. The van der Waals surface area contributed by atoms with Gasteiger partial charge in [0.1, 0.15) is 15.7 Å². The van der Waals surface area contributed by atoms with Crippen LogP contribution in [0.1, 0.15) is 6.42 Å². The molecule has 0 radical (unpaired) electrons.